The minimum atomic E-state index is -0.0407. The molecule has 0 saturated carbocycles. The highest BCUT2D eigenvalue weighted by atomic mass is 16.5. The number of ether oxygens (including phenoxy) is 2. The molecule has 1 saturated heterocycles. The van der Waals surface area contributed by atoms with Crippen LogP contribution in [0.5, 0.6) is 11.5 Å². The van der Waals surface area contributed by atoms with Crippen LogP contribution in [0.2, 0.25) is 0 Å². The third kappa shape index (κ3) is 4.57. The molecule has 120 valence electrons. The Morgan fingerprint density at radius 1 is 1.09 bits per heavy atom. The fourth-order valence-corrected chi connectivity index (χ4v) is 2.65. The first kappa shape index (κ1) is 15.6. The van der Waals surface area contributed by atoms with Crippen molar-refractivity contribution in [1.82, 2.24) is 0 Å². The van der Waals surface area contributed by atoms with Crippen LogP contribution in [0.3, 0.4) is 0 Å². The van der Waals surface area contributed by atoms with Crippen LogP contribution in [0, 0.1) is 0 Å². The van der Waals surface area contributed by atoms with Gasteiger partial charge in [-0.25, -0.2) is 0 Å². The molecule has 4 heteroatoms. The zero-order chi connectivity index (χ0) is 15.9. The highest BCUT2D eigenvalue weighted by Gasteiger charge is 2.18. The van der Waals surface area contributed by atoms with Crippen LogP contribution >= 0.6 is 0 Å². The van der Waals surface area contributed by atoms with Crippen LogP contribution in [-0.4, -0.2) is 18.6 Å². The number of carbonyl (C=O) groups is 1. The Morgan fingerprint density at radius 3 is 2.65 bits per heavy atom. The maximum absolute atomic E-state index is 12.2. The van der Waals surface area contributed by atoms with Crippen molar-refractivity contribution in [3.05, 3.63) is 54.6 Å². The van der Waals surface area contributed by atoms with E-state index in [2.05, 4.69) is 5.32 Å². The first-order valence-electron chi connectivity index (χ1n) is 8.04. The standard InChI is InChI=1S/C19H21NO3/c21-19(14-16-10-6-7-13-22-16)20-17-11-4-5-12-18(17)23-15-8-2-1-3-9-15/h1-5,8-9,11-12,16H,6-7,10,13-14H2,(H,20,21). The number of hydrogen-bond donors (Lipinski definition) is 1. The van der Waals surface area contributed by atoms with Crippen LogP contribution in [0.1, 0.15) is 25.7 Å². The molecule has 1 aliphatic rings. The highest BCUT2D eigenvalue weighted by molar-refractivity contribution is 5.92. The van der Waals surface area contributed by atoms with Crippen molar-refractivity contribution in [2.45, 2.75) is 31.8 Å². The number of rotatable bonds is 5. The lowest BCUT2D eigenvalue weighted by Crippen LogP contribution is -2.25. The van der Waals surface area contributed by atoms with Gasteiger partial charge in [0.15, 0.2) is 5.75 Å². The van der Waals surface area contributed by atoms with Gasteiger partial charge >= 0.3 is 0 Å². The Kier molecular flexibility index (Phi) is 5.27. The number of para-hydroxylation sites is 3. The zero-order valence-corrected chi connectivity index (χ0v) is 13.0. The Balaban J connectivity index is 1.64. The lowest BCUT2D eigenvalue weighted by Gasteiger charge is -2.22. The Hall–Kier alpha value is -2.33. The number of amides is 1. The van der Waals surface area contributed by atoms with E-state index in [9.17, 15) is 4.79 Å². The van der Waals surface area contributed by atoms with Crippen molar-refractivity contribution in [2.75, 3.05) is 11.9 Å². The predicted octanol–water partition coefficient (Wildman–Crippen LogP) is 4.38. The number of hydrogen-bond acceptors (Lipinski definition) is 3. The molecule has 3 rings (SSSR count). The van der Waals surface area contributed by atoms with Gasteiger partial charge in [-0.1, -0.05) is 30.3 Å². The van der Waals surface area contributed by atoms with Crippen LogP contribution in [0.4, 0.5) is 5.69 Å². The molecule has 1 atom stereocenters. The second-order valence-electron chi connectivity index (χ2n) is 5.65. The summed E-state index contributed by atoms with van der Waals surface area (Å²) in [6.45, 7) is 0.756. The Labute approximate surface area is 136 Å². The largest absolute Gasteiger partial charge is 0.455 e. The van der Waals surface area contributed by atoms with Crippen LogP contribution in [-0.2, 0) is 9.53 Å². The highest BCUT2D eigenvalue weighted by Crippen LogP contribution is 2.29. The molecule has 1 amide bonds. The Morgan fingerprint density at radius 2 is 1.87 bits per heavy atom. The quantitative estimate of drug-likeness (QED) is 0.891. The SMILES string of the molecule is O=C(CC1CCCCO1)Nc1ccccc1Oc1ccccc1. The molecule has 0 spiro atoms. The Bertz CT molecular complexity index is 636. The van der Waals surface area contributed by atoms with Gasteiger partial charge in [0, 0.05) is 6.61 Å². The van der Waals surface area contributed by atoms with E-state index >= 15 is 0 Å². The van der Waals surface area contributed by atoms with E-state index in [-0.39, 0.29) is 12.0 Å². The van der Waals surface area contributed by atoms with Gasteiger partial charge in [-0.2, -0.15) is 0 Å². The van der Waals surface area contributed by atoms with Crippen molar-refractivity contribution >= 4 is 11.6 Å². The number of nitrogens with one attached hydrogen (secondary N) is 1. The molecule has 0 aromatic heterocycles. The van der Waals surface area contributed by atoms with Gasteiger partial charge in [0.2, 0.25) is 5.91 Å². The van der Waals surface area contributed by atoms with Gasteiger partial charge in [-0.15, -0.1) is 0 Å². The van der Waals surface area contributed by atoms with E-state index < -0.39 is 0 Å². The molecule has 0 radical (unpaired) electrons. The minimum absolute atomic E-state index is 0.0333. The average molecular weight is 311 g/mol. The third-order valence-corrected chi connectivity index (χ3v) is 3.82. The summed E-state index contributed by atoms with van der Waals surface area (Å²) in [6, 6.07) is 17.0. The van der Waals surface area contributed by atoms with Gasteiger partial charge in [-0.05, 0) is 43.5 Å². The van der Waals surface area contributed by atoms with E-state index in [4.69, 9.17) is 9.47 Å². The van der Waals surface area contributed by atoms with Crippen molar-refractivity contribution in [3.63, 3.8) is 0 Å². The van der Waals surface area contributed by atoms with Crippen molar-refractivity contribution in [3.8, 4) is 11.5 Å². The predicted molar refractivity (Wildman–Crippen MR) is 89.8 cm³/mol. The molecular formula is C19H21NO3. The summed E-state index contributed by atoms with van der Waals surface area (Å²) >= 11 is 0. The first-order valence-corrected chi connectivity index (χ1v) is 8.04. The minimum Gasteiger partial charge on any atom is -0.455 e. The first-order chi connectivity index (χ1) is 11.3. The molecule has 0 aliphatic carbocycles. The molecule has 1 aliphatic heterocycles. The molecule has 0 bridgehead atoms. The van der Waals surface area contributed by atoms with Crippen molar-refractivity contribution in [2.24, 2.45) is 0 Å². The summed E-state index contributed by atoms with van der Waals surface area (Å²) in [6.07, 6.45) is 3.60. The third-order valence-electron chi connectivity index (χ3n) is 3.82. The number of anilines is 1. The van der Waals surface area contributed by atoms with E-state index in [0.29, 0.717) is 17.9 Å². The summed E-state index contributed by atoms with van der Waals surface area (Å²) in [5.41, 5.74) is 0.678. The van der Waals surface area contributed by atoms with Crippen molar-refractivity contribution < 1.29 is 14.3 Å². The second-order valence-corrected chi connectivity index (χ2v) is 5.65. The molecule has 1 fully saturated rings. The maximum Gasteiger partial charge on any atom is 0.227 e. The molecule has 2 aromatic carbocycles. The number of benzene rings is 2. The van der Waals surface area contributed by atoms with Crippen LogP contribution in [0.25, 0.3) is 0 Å². The van der Waals surface area contributed by atoms with Gasteiger partial charge < -0.3 is 14.8 Å². The summed E-state index contributed by atoms with van der Waals surface area (Å²) in [7, 11) is 0. The summed E-state index contributed by atoms with van der Waals surface area (Å²) < 4.78 is 11.5. The molecule has 1 heterocycles. The average Bonchev–Trinajstić information content (AvgIpc) is 2.58. The second kappa shape index (κ2) is 7.79. The molecule has 2 aromatic rings. The monoisotopic (exact) mass is 311 g/mol. The topological polar surface area (TPSA) is 47.6 Å². The van der Waals surface area contributed by atoms with Gasteiger partial charge in [-0.3, -0.25) is 4.79 Å². The van der Waals surface area contributed by atoms with E-state index in [0.717, 1.165) is 31.6 Å². The van der Waals surface area contributed by atoms with Crippen LogP contribution < -0.4 is 10.1 Å². The van der Waals surface area contributed by atoms with Gasteiger partial charge in [0.1, 0.15) is 5.75 Å². The van der Waals surface area contributed by atoms with E-state index in [1.807, 2.05) is 54.6 Å². The summed E-state index contributed by atoms with van der Waals surface area (Å²) in [4.78, 5) is 12.2. The van der Waals surface area contributed by atoms with Gasteiger partial charge in [0.25, 0.3) is 0 Å². The van der Waals surface area contributed by atoms with Crippen LogP contribution in [0.15, 0.2) is 54.6 Å². The zero-order valence-electron chi connectivity index (χ0n) is 13.0. The molecule has 23 heavy (non-hydrogen) atoms. The fourth-order valence-electron chi connectivity index (χ4n) is 2.65. The van der Waals surface area contributed by atoms with Crippen molar-refractivity contribution in [1.29, 1.82) is 0 Å². The summed E-state index contributed by atoms with van der Waals surface area (Å²) in [5, 5.41) is 2.93. The smallest absolute Gasteiger partial charge is 0.227 e. The molecule has 4 nitrogen and oxygen atoms in total. The summed E-state index contributed by atoms with van der Waals surface area (Å²) in [5.74, 6) is 1.34. The normalized spacial score (nSPS) is 17.5. The lowest BCUT2D eigenvalue weighted by molar-refractivity contribution is -0.119. The number of carbonyl (C=O) groups excluding carboxylic acids is 1. The van der Waals surface area contributed by atoms with E-state index in [1.165, 1.54) is 0 Å². The van der Waals surface area contributed by atoms with Gasteiger partial charge in [0.05, 0.1) is 18.2 Å². The lowest BCUT2D eigenvalue weighted by atomic mass is 10.1. The molecule has 1 N–H and O–H groups in total. The molecular weight excluding hydrogens is 290 g/mol. The fraction of sp³-hybridized carbons (Fsp3) is 0.316. The molecule has 1 unspecified atom stereocenters. The van der Waals surface area contributed by atoms with E-state index in [1.54, 1.807) is 0 Å². The maximum atomic E-state index is 12.2.